The average Bonchev–Trinajstić information content (AvgIpc) is 3.40. The molecule has 4 unspecified atom stereocenters. The molecule has 4 heteroatoms. The van der Waals surface area contributed by atoms with E-state index in [0.29, 0.717) is 51.9 Å². The lowest BCUT2D eigenvalue weighted by Crippen LogP contribution is -2.62. The molecule has 9 atom stereocenters. The van der Waals surface area contributed by atoms with Gasteiger partial charge in [-0.1, -0.05) is 66.5 Å². The number of benzene rings is 1. The Morgan fingerprint density at radius 1 is 0.762 bits per heavy atom. The largest absolute Gasteiger partial charge is 0.481 e. The maximum absolute atomic E-state index is 12.5. The first-order valence-corrected chi connectivity index (χ1v) is 16.8. The molecule has 0 saturated heterocycles. The van der Waals surface area contributed by atoms with Crippen molar-refractivity contribution in [3.05, 3.63) is 35.4 Å². The zero-order valence-corrected chi connectivity index (χ0v) is 27.1. The van der Waals surface area contributed by atoms with Crippen molar-refractivity contribution in [1.82, 2.24) is 0 Å². The van der Waals surface area contributed by atoms with Gasteiger partial charge in [-0.05, 0) is 134 Å². The number of aliphatic carboxylic acids is 1. The van der Waals surface area contributed by atoms with Gasteiger partial charge in [-0.3, -0.25) is 4.79 Å². The van der Waals surface area contributed by atoms with E-state index in [-0.39, 0.29) is 5.41 Å². The Bertz CT molecular complexity index is 1150. The molecule has 0 aliphatic heterocycles. The summed E-state index contributed by atoms with van der Waals surface area (Å²) in [4.78, 5) is 23.9. The van der Waals surface area contributed by atoms with Gasteiger partial charge < -0.3 is 10.2 Å². The summed E-state index contributed by atoms with van der Waals surface area (Å²) >= 11 is 0. The summed E-state index contributed by atoms with van der Waals surface area (Å²) < 4.78 is 0. The molecule has 5 aliphatic carbocycles. The van der Waals surface area contributed by atoms with E-state index in [1.54, 1.807) is 12.1 Å². The van der Waals surface area contributed by atoms with E-state index in [4.69, 9.17) is 0 Å². The molecule has 232 valence electrons. The number of carboxylic acid groups (broad SMARTS) is 2. The van der Waals surface area contributed by atoms with Crippen LogP contribution < -0.4 is 0 Å². The fourth-order valence-corrected chi connectivity index (χ4v) is 12.0. The second-order valence-corrected chi connectivity index (χ2v) is 15.5. The van der Waals surface area contributed by atoms with Crippen LogP contribution >= 0.6 is 0 Å². The van der Waals surface area contributed by atoms with Crippen molar-refractivity contribution in [2.75, 3.05) is 0 Å². The fraction of sp³-hybridized carbons (Fsp3) is 0.737. The number of terminal acetylenes is 1. The minimum absolute atomic E-state index is 0.159. The third-order valence-corrected chi connectivity index (χ3v) is 13.5. The zero-order valence-electron chi connectivity index (χ0n) is 27.1. The van der Waals surface area contributed by atoms with Crippen LogP contribution in [0.4, 0.5) is 0 Å². The molecule has 0 aromatic heterocycles. The van der Waals surface area contributed by atoms with Crippen LogP contribution in [0.3, 0.4) is 0 Å². The van der Waals surface area contributed by atoms with Crippen LogP contribution in [0.15, 0.2) is 24.3 Å². The number of carboxylic acids is 2. The molecule has 0 bridgehead atoms. The molecule has 42 heavy (non-hydrogen) atoms. The fourth-order valence-electron chi connectivity index (χ4n) is 12.0. The summed E-state index contributed by atoms with van der Waals surface area (Å²) in [5.41, 5.74) is 2.04. The molecule has 5 fully saturated rings. The molecule has 6 rings (SSSR count). The molecule has 1 aromatic carbocycles. The highest BCUT2D eigenvalue weighted by atomic mass is 16.4. The molecule has 2 N–H and O–H groups in total. The molecule has 0 spiro atoms. The molecule has 0 amide bonds. The molecular weight excluding hydrogens is 520 g/mol. The number of rotatable bonds is 3. The highest BCUT2D eigenvalue weighted by Gasteiger charge is 2.67. The van der Waals surface area contributed by atoms with Crippen LogP contribution in [0, 0.1) is 64.1 Å². The first-order valence-electron chi connectivity index (χ1n) is 16.8. The smallest absolute Gasteiger partial charge is 0.335 e. The number of carbonyl (C=O) groups is 2. The van der Waals surface area contributed by atoms with Gasteiger partial charge in [0.1, 0.15) is 0 Å². The third kappa shape index (κ3) is 4.92. The van der Waals surface area contributed by atoms with Crippen molar-refractivity contribution in [2.45, 2.75) is 125 Å². The molecule has 5 aliphatic rings. The molecule has 0 radical (unpaired) electrons. The summed E-state index contributed by atoms with van der Waals surface area (Å²) in [6.07, 6.45) is 21.8. The van der Waals surface area contributed by atoms with E-state index < -0.39 is 17.4 Å². The standard InChI is InChI=1S/C33H46O4.C3H8.C2H2/c1-30(2)23(20-7-9-21(10-8-20)28(34)35)13-17-32(4)26(30)15-18-31(3)24-14-19-33(29(36)37)16-5-6-25(33)22(24)11-12-27(31)32;1-3-2;1-2/h7-10,22-27H,5-6,11-19H2,1-4H3,(H,34,35)(H,36,37);3H2,1-2H3;1-2H/t22-,23+,24?,25?,26?,27?,31-,32-,33-;;/m0../s1. The summed E-state index contributed by atoms with van der Waals surface area (Å²) in [6, 6.07) is 7.69. The first-order chi connectivity index (χ1) is 19.9. The first kappa shape index (κ1) is 32.6. The van der Waals surface area contributed by atoms with Gasteiger partial charge in [0.15, 0.2) is 0 Å². The molecule has 0 heterocycles. The topological polar surface area (TPSA) is 74.6 Å². The number of hydrogen-bond acceptors (Lipinski definition) is 2. The Balaban J connectivity index is 0.000000763. The third-order valence-electron chi connectivity index (χ3n) is 13.5. The lowest BCUT2D eigenvalue weighted by Gasteiger charge is -2.69. The summed E-state index contributed by atoms with van der Waals surface area (Å²) in [5.74, 6) is 2.15. The quantitative estimate of drug-likeness (QED) is 0.351. The highest BCUT2D eigenvalue weighted by molar-refractivity contribution is 5.87. The van der Waals surface area contributed by atoms with E-state index >= 15 is 0 Å². The van der Waals surface area contributed by atoms with E-state index in [1.807, 2.05) is 0 Å². The van der Waals surface area contributed by atoms with Crippen molar-refractivity contribution < 1.29 is 19.8 Å². The van der Waals surface area contributed by atoms with Gasteiger partial charge in [-0.2, -0.15) is 0 Å². The van der Waals surface area contributed by atoms with Crippen LogP contribution in [-0.2, 0) is 4.79 Å². The number of aromatic carboxylic acids is 1. The zero-order chi connectivity index (χ0) is 31.1. The Kier molecular flexibility index (Phi) is 9.33. The van der Waals surface area contributed by atoms with Crippen molar-refractivity contribution in [3.8, 4) is 12.8 Å². The summed E-state index contributed by atoms with van der Waals surface area (Å²) in [5, 5.41) is 19.6. The van der Waals surface area contributed by atoms with Crippen LogP contribution in [0.1, 0.15) is 140 Å². The van der Waals surface area contributed by atoms with E-state index in [9.17, 15) is 19.8 Å². The SMILES string of the molecule is C#C.CC1(C)C2CC[C@@]3(C)C4CC[C@@]5(C(=O)O)CCCC5[C@H]4CCC3[C@@]2(C)CC[C@@H]1c1ccc(C(=O)O)cc1.CCC. The predicted molar refractivity (Wildman–Crippen MR) is 170 cm³/mol. The Hall–Kier alpha value is -2.28. The normalized spacial score (nSPS) is 41.1. The van der Waals surface area contributed by atoms with E-state index in [0.717, 1.165) is 38.5 Å². The molecule has 4 nitrogen and oxygen atoms in total. The van der Waals surface area contributed by atoms with Crippen molar-refractivity contribution in [2.24, 2.45) is 51.2 Å². The van der Waals surface area contributed by atoms with Crippen molar-refractivity contribution in [1.29, 1.82) is 0 Å². The Morgan fingerprint density at radius 2 is 1.38 bits per heavy atom. The lowest BCUT2D eigenvalue weighted by atomic mass is 9.35. The van der Waals surface area contributed by atoms with Gasteiger partial charge in [0.25, 0.3) is 0 Å². The van der Waals surface area contributed by atoms with Gasteiger partial charge >= 0.3 is 11.9 Å². The van der Waals surface area contributed by atoms with Gasteiger partial charge in [0.2, 0.25) is 0 Å². The average molecular weight is 577 g/mol. The van der Waals surface area contributed by atoms with E-state index in [1.165, 1.54) is 44.1 Å². The van der Waals surface area contributed by atoms with Gasteiger partial charge in [0, 0.05) is 0 Å². The van der Waals surface area contributed by atoms with Crippen molar-refractivity contribution >= 4 is 11.9 Å². The molecule has 1 aromatic rings. The Morgan fingerprint density at radius 3 is 1.98 bits per heavy atom. The second kappa shape index (κ2) is 12.0. The van der Waals surface area contributed by atoms with Crippen LogP contribution in [0.2, 0.25) is 0 Å². The van der Waals surface area contributed by atoms with Gasteiger partial charge in [0.05, 0.1) is 11.0 Å². The maximum atomic E-state index is 12.5. The summed E-state index contributed by atoms with van der Waals surface area (Å²) in [7, 11) is 0. The van der Waals surface area contributed by atoms with Crippen molar-refractivity contribution in [3.63, 3.8) is 0 Å². The van der Waals surface area contributed by atoms with Gasteiger partial charge in [-0.25, -0.2) is 4.79 Å². The highest BCUT2D eigenvalue weighted by Crippen LogP contribution is 2.74. The Labute approximate surface area is 255 Å². The summed E-state index contributed by atoms with van der Waals surface area (Å²) in [6.45, 7) is 14.5. The number of hydrogen-bond donors (Lipinski definition) is 2. The van der Waals surface area contributed by atoms with Crippen LogP contribution in [0.5, 0.6) is 0 Å². The minimum Gasteiger partial charge on any atom is -0.481 e. The van der Waals surface area contributed by atoms with Gasteiger partial charge in [-0.15, -0.1) is 12.8 Å². The minimum atomic E-state index is -0.856. The van der Waals surface area contributed by atoms with Crippen LogP contribution in [-0.4, -0.2) is 22.2 Å². The second-order valence-electron chi connectivity index (χ2n) is 15.5. The predicted octanol–water partition coefficient (Wildman–Crippen LogP) is 9.68. The van der Waals surface area contributed by atoms with E-state index in [2.05, 4.69) is 66.5 Å². The monoisotopic (exact) mass is 576 g/mol. The molecular formula is C38H56O4. The lowest BCUT2D eigenvalue weighted by molar-refractivity contribution is -0.203. The van der Waals surface area contributed by atoms with Crippen LogP contribution in [0.25, 0.3) is 0 Å². The number of fused-ring (bicyclic) bond motifs is 7. The maximum Gasteiger partial charge on any atom is 0.335 e. The molecule has 5 saturated carbocycles.